The highest BCUT2D eigenvalue weighted by Gasteiger charge is 2.14. The smallest absolute Gasteiger partial charge is 0.338 e. The summed E-state index contributed by atoms with van der Waals surface area (Å²) in [6.45, 7) is 5.56. The molecule has 1 N–H and O–H groups in total. The van der Waals surface area contributed by atoms with Crippen molar-refractivity contribution in [3.63, 3.8) is 0 Å². The van der Waals surface area contributed by atoms with Crippen LogP contribution >= 0.6 is 23.2 Å². The quantitative estimate of drug-likeness (QED) is 0.769. The number of hydrogen-bond acceptors (Lipinski definition) is 3. The number of halogens is 2. The summed E-state index contributed by atoms with van der Waals surface area (Å²) in [5, 5.41) is 3.41. The summed E-state index contributed by atoms with van der Waals surface area (Å²) in [5.41, 5.74) is 3.58. The molecule has 0 aromatic heterocycles. The fourth-order valence-electron chi connectivity index (χ4n) is 2.24. The molecule has 25 heavy (non-hydrogen) atoms. The molecule has 0 fully saturated rings. The lowest BCUT2D eigenvalue weighted by Crippen LogP contribution is -2.31. The largest absolute Gasteiger partial charge is 0.452 e. The molecule has 132 valence electrons. The van der Waals surface area contributed by atoms with Crippen molar-refractivity contribution in [2.45, 2.75) is 26.8 Å². The van der Waals surface area contributed by atoms with Gasteiger partial charge in [-0.05, 0) is 55.7 Å². The van der Waals surface area contributed by atoms with Gasteiger partial charge in [0.05, 0.1) is 21.7 Å². The minimum absolute atomic E-state index is 0.185. The summed E-state index contributed by atoms with van der Waals surface area (Å²) in [6, 6.07) is 10.2. The standard InChI is InChI=1S/C19H19Cl2NO3/c1-11-4-5-14(8-12(11)2)13(3)22-18(23)10-25-19(24)15-6-7-16(20)17(21)9-15/h4-9,13H,10H2,1-3H3,(H,22,23)/t13-/m1/s1. The first-order valence-electron chi connectivity index (χ1n) is 7.76. The Morgan fingerprint density at radius 2 is 1.76 bits per heavy atom. The first-order chi connectivity index (χ1) is 11.8. The second-order valence-corrected chi connectivity index (χ2v) is 6.65. The zero-order valence-corrected chi connectivity index (χ0v) is 15.7. The van der Waals surface area contributed by atoms with Gasteiger partial charge in [0.15, 0.2) is 6.61 Å². The predicted octanol–water partition coefficient (Wildman–Crippen LogP) is 4.64. The number of benzene rings is 2. The molecule has 4 nitrogen and oxygen atoms in total. The van der Waals surface area contributed by atoms with Crippen LogP contribution in [-0.2, 0) is 9.53 Å². The van der Waals surface area contributed by atoms with Crippen molar-refractivity contribution in [1.82, 2.24) is 5.32 Å². The fraction of sp³-hybridized carbons (Fsp3) is 0.263. The summed E-state index contributed by atoms with van der Waals surface area (Å²) in [5.74, 6) is -1.01. The Labute approximate surface area is 157 Å². The van der Waals surface area contributed by atoms with Crippen molar-refractivity contribution in [2.75, 3.05) is 6.61 Å². The van der Waals surface area contributed by atoms with E-state index in [1.165, 1.54) is 23.8 Å². The molecule has 0 aliphatic carbocycles. The van der Waals surface area contributed by atoms with Crippen LogP contribution in [0.1, 0.15) is 40.0 Å². The highest BCUT2D eigenvalue weighted by molar-refractivity contribution is 6.42. The van der Waals surface area contributed by atoms with Crippen molar-refractivity contribution in [3.8, 4) is 0 Å². The van der Waals surface area contributed by atoms with Gasteiger partial charge in [-0.1, -0.05) is 41.4 Å². The van der Waals surface area contributed by atoms with Crippen molar-refractivity contribution in [2.24, 2.45) is 0 Å². The van der Waals surface area contributed by atoms with Crippen LogP contribution < -0.4 is 5.32 Å². The van der Waals surface area contributed by atoms with Crippen LogP contribution in [0.3, 0.4) is 0 Å². The van der Waals surface area contributed by atoms with Crippen molar-refractivity contribution >= 4 is 35.1 Å². The second kappa shape index (κ2) is 8.37. The Morgan fingerprint density at radius 3 is 2.40 bits per heavy atom. The molecule has 0 unspecified atom stereocenters. The molecule has 2 aromatic rings. The number of nitrogens with one attached hydrogen (secondary N) is 1. The summed E-state index contributed by atoms with van der Waals surface area (Å²) in [7, 11) is 0. The number of carbonyl (C=O) groups excluding carboxylic acids is 2. The first kappa shape index (κ1) is 19.3. The van der Waals surface area contributed by atoms with Gasteiger partial charge in [-0.3, -0.25) is 4.79 Å². The molecule has 0 heterocycles. The van der Waals surface area contributed by atoms with Crippen LogP contribution in [0.5, 0.6) is 0 Å². The number of ether oxygens (including phenoxy) is 1. The van der Waals surface area contributed by atoms with E-state index in [0.29, 0.717) is 5.02 Å². The SMILES string of the molecule is Cc1ccc([C@@H](C)NC(=O)COC(=O)c2ccc(Cl)c(Cl)c2)cc1C. The van der Waals surface area contributed by atoms with Crippen molar-refractivity contribution < 1.29 is 14.3 Å². The predicted molar refractivity (Wildman–Crippen MR) is 99.2 cm³/mol. The number of rotatable bonds is 5. The van der Waals surface area contributed by atoms with Crippen LogP contribution in [0.15, 0.2) is 36.4 Å². The topological polar surface area (TPSA) is 55.4 Å². The van der Waals surface area contributed by atoms with Crippen molar-refractivity contribution in [1.29, 1.82) is 0 Å². The molecule has 0 bridgehead atoms. The molecule has 2 aromatic carbocycles. The van der Waals surface area contributed by atoms with Gasteiger partial charge in [0, 0.05) is 0 Å². The molecular formula is C19H19Cl2NO3. The molecule has 1 atom stereocenters. The van der Waals surface area contributed by atoms with Gasteiger partial charge in [-0.15, -0.1) is 0 Å². The number of amides is 1. The lowest BCUT2D eigenvalue weighted by Gasteiger charge is -2.16. The summed E-state index contributed by atoms with van der Waals surface area (Å²) in [4.78, 5) is 23.9. The molecule has 0 spiro atoms. The van der Waals surface area contributed by atoms with Crippen LogP contribution in [0.2, 0.25) is 10.0 Å². The van der Waals surface area contributed by atoms with E-state index in [4.69, 9.17) is 27.9 Å². The number of hydrogen-bond donors (Lipinski definition) is 1. The van der Waals surface area contributed by atoms with E-state index in [2.05, 4.69) is 5.32 Å². The Hall–Kier alpha value is -2.04. The van der Waals surface area contributed by atoms with Crippen LogP contribution in [-0.4, -0.2) is 18.5 Å². The lowest BCUT2D eigenvalue weighted by molar-refractivity contribution is -0.124. The van der Waals surface area contributed by atoms with Crippen LogP contribution in [0, 0.1) is 13.8 Å². The Bertz CT molecular complexity index is 805. The van der Waals surface area contributed by atoms with Crippen LogP contribution in [0.25, 0.3) is 0 Å². The molecule has 0 saturated carbocycles. The Kier molecular flexibility index (Phi) is 6.45. The third-order valence-corrected chi connectivity index (χ3v) is 4.64. The maximum Gasteiger partial charge on any atom is 0.338 e. The summed E-state index contributed by atoms with van der Waals surface area (Å²) in [6.07, 6.45) is 0. The molecular weight excluding hydrogens is 361 g/mol. The van der Waals surface area contributed by atoms with Gasteiger partial charge >= 0.3 is 5.97 Å². The Morgan fingerprint density at radius 1 is 1.04 bits per heavy atom. The van der Waals surface area contributed by atoms with Gasteiger partial charge in [0.25, 0.3) is 5.91 Å². The van der Waals surface area contributed by atoms with E-state index < -0.39 is 5.97 Å². The molecule has 0 saturated heterocycles. The van der Waals surface area contributed by atoms with Gasteiger partial charge < -0.3 is 10.1 Å². The summed E-state index contributed by atoms with van der Waals surface area (Å²) >= 11 is 11.7. The number of esters is 1. The van der Waals surface area contributed by atoms with E-state index >= 15 is 0 Å². The van der Waals surface area contributed by atoms with Gasteiger partial charge in [0.1, 0.15) is 0 Å². The third kappa shape index (κ3) is 5.21. The first-order valence-corrected chi connectivity index (χ1v) is 8.52. The average Bonchev–Trinajstić information content (AvgIpc) is 2.57. The fourth-order valence-corrected chi connectivity index (χ4v) is 2.54. The van der Waals surface area contributed by atoms with Gasteiger partial charge in [-0.25, -0.2) is 4.79 Å². The Balaban J connectivity index is 1.90. The second-order valence-electron chi connectivity index (χ2n) is 5.84. The number of carbonyl (C=O) groups is 2. The van der Waals surface area contributed by atoms with E-state index in [9.17, 15) is 9.59 Å². The molecule has 0 aliphatic rings. The molecule has 0 radical (unpaired) electrons. The van der Waals surface area contributed by atoms with Gasteiger partial charge in [0.2, 0.25) is 0 Å². The maximum atomic E-state index is 12.0. The van der Waals surface area contributed by atoms with E-state index in [-0.39, 0.29) is 29.1 Å². The minimum atomic E-state index is -0.632. The normalized spacial score (nSPS) is 11.7. The zero-order valence-electron chi connectivity index (χ0n) is 14.2. The van der Waals surface area contributed by atoms with E-state index in [1.807, 2.05) is 39.0 Å². The van der Waals surface area contributed by atoms with E-state index in [1.54, 1.807) is 0 Å². The molecule has 1 amide bonds. The average molecular weight is 380 g/mol. The maximum absolute atomic E-state index is 12.0. The molecule has 0 aliphatic heterocycles. The van der Waals surface area contributed by atoms with Crippen LogP contribution in [0.4, 0.5) is 0 Å². The monoisotopic (exact) mass is 379 g/mol. The molecule has 2 rings (SSSR count). The minimum Gasteiger partial charge on any atom is -0.452 e. The third-order valence-electron chi connectivity index (χ3n) is 3.90. The lowest BCUT2D eigenvalue weighted by atomic mass is 10.0. The number of aryl methyl sites for hydroxylation is 2. The van der Waals surface area contributed by atoms with Crippen molar-refractivity contribution in [3.05, 3.63) is 68.7 Å². The van der Waals surface area contributed by atoms with Gasteiger partial charge in [-0.2, -0.15) is 0 Å². The zero-order chi connectivity index (χ0) is 18.6. The highest BCUT2D eigenvalue weighted by atomic mass is 35.5. The summed E-state index contributed by atoms with van der Waals surface area (Å²) < 4.78 is 5.01. The molecule has 6 heteroatoms. The van der Waals surface area contributed by atoms with E-state index in [0.717, 1.165) is 11.1 Å². The highest BCUT2D eigenvalue weighted by Crippen LogP contribution is 2.23.